The lowest BCUT2D eigenvalue weighted by Crippen LogP contribution is -2.46. The Morgan fingerprint density at radius 1 is 0.970 bits per heavy atom. The van der Waals surface area contributed by atoms with Crippen molar-refractivity contribution in [2.24, 2.45) is 5.10 Å². The van der Waals surface area contributed by atoms with Crippen LogP contribution in [0.25, 0.3) is 0 Å². The first-order chi connectivity index (χ1) is 16.0. The van der Waals surface area contributed by atoms with Gasteiger partial charge in [-0.3, -0.25) is 15.2 Å². The number of rotatable bonds is 4. The van der Waals surface area contributed by atoms with Gasteiger partial charge >= 0.3 is 0 Å². The molecule has 2 aliphatic heterocycles. The molecule has 7 heteroatoms. The van der Waals surface area contributed by atoms with E-state index >= 15 is 0 Å². The third kappa shape index (κ3) is 6.72. The van der Waals surface area contributed by atoms with Gasteiger partial charge in [0.25, 0.3) is 5.91 Å². The van der Waals surface area contributed by atoms with Gasteiger partial charge in [0.15, 0.2) is 0 Å². The van der Waals surface area contributed by atoms with E-state index < -0.39 is 0 Å². The van der Waals surface area contributed by atoms with E-state index in [0.717, 1.165) is 37.2 Å². The number of halogens is 2. The van der Waals surface area contributed by atoms with E-state index in [9.17, 15) is 4.79 Å². The Kier molecular flexibility index (Phi) is 9.60. The zero-order chi connectivity index (χ0) is 23.8. The Labute approximate surface area is 207 Å². The van der Waals surface area contributed by atoms with Gasteiger partial charge in [0.05, 0.1) is 16.8 Å². The summed E-state index contributed by atoms with van der Waals surface area (Å²) in [6.45, 7) is 7.82. The molecule has 1 fully saturated rings. The molecular formula is C26H34Cl2N4O. The van der Waals surface area contributed by atoms with E-state index in [0.29, 0.717) is 22.2 Å². The van der Waals surface area contributed by atoms with E-state index in [-0.39, 0.29) is 11.9 Å². The van der Waals surface area contributed by atoms with Crippen LogP contribution in [0.3, 0.4) is 0 Å². The molecule has 178 valence electrons. The first-order valence-corrected chi connectivity index (χ1v) is 12.7. The van der Waals surface area contributed by atoms with Gasteiger partial charge in [-0.25, -0.2) is 5.01 Å². The Morgan fingerprint density at radius 3 is 2.24 bits per heavy atom. The minimum atomic E-state index is -0.134. The lowest BCUT2D eigenvalue weighted by Gasteiger charge is -2.25. The van der Waals surface area contributed by atoms with Crippen LogP contribution in [0.15, 0.2) is 47.6 Å². The van der Waals surface area contributed by atoms with Crippen LogP contribution in [-0.4, -0.2) is 29.7 Å². The van der Waals surface area contributed by atoms with Gasteiger partial charge < -0.3 is 0 Å². The zero-order valence-corrected chi connectivity index (χ0v) is 21.3. The van der Waals surface area contributed by atoms with E-state index in [4.69, 9.17) is 28.3 Å². The van der Waals surface area contributed by atoms with Gasteiger partial charge in [-0.05, 0) is 43.5 Å². The van der Waals surface area contributed by atoms with Crippen LogP contribution in [0.1, 0.15) is 69.5 Å². The maximum absolute atomic E-state index is 13.1. The van der Waals surface area contributed by atoms with Crippen LogP contribution >= 0.6 is 23.2 Å². The highest BCUT2D eigenvalue weighted by atomic mass is 35.5. The Morgan fingerprint density at radius 2 is 1.61 bits per heavy atom. The summed E-state index contributed by atoms with van der Waals surface area (Å²) in [5, 5.41) is 9.70. The number of aryl methyl sites for hydroxylation is 1. The topological polar surface area (TPSA) is 47.9 Å². The highest BCUT2D eigenvalue weighted by Crippen LogP contribution is 2.39. The standard InChI is InChI=1S/C24H28Cl2N4O.C2H6/c1-17-7-9-18(10-8-17)23-16-21(24(31)28-29-13-5-3-2-4-6-14-29)27-30(23)22-12-11-19(25)15-20(22)26;1-2/h7-12,15,23H,2-6,13-14,16H2,1H3,(H,28,31);1-2H3. The molecule has 1 saturated heterocycles. The fourth-order valence-electron chi connectivity index (χ4n) is 4.15. The lowest BCUT2D eigenvalue weighted by molar-refractivity contribution is -0.119. The van der Waals surface area contributed by atoms with Gasteiger partial charge in [-0.15, -0.1) is 0 Å². The molecule has 0 saturated carbocycles. The van der Waals surface area contributed by atoms with Crippen molar-refractivity contribution in [1.29, 1.82) is 0 Å². The molecule has 1 unspecified atom stereocenters. The summed E-state index contributed by atoms with van der Waals surface area (Å²) in [5.41, 5.74) is 6.62. The summed E-state index contributed by atoms with van der Waals surface area (Å²) in [7, 11) is 0. The van der Waals surface area contributed by atoms with Crippen LogP contribution in [-0.2, 0) is 4.79 Å². The summed E-state index contributed by atoms with van der Waals surface area (Å²) in [6, 6.07) is 13.6. The minimum absolute atomic E-state index is 0.104. The number of carbonyl (C=O) groups excluding carboxylic acids is 1. The van der Waals surface area contributed by atoms with Crippen LogP contribution in [0.2, 0.25) is 10.0 Å². The van der Waals surface area contributed by atoms with Crippen molar-refractivity contribution in [3.63, 3.8) is 0 Å². The summed E-state index contributed by atoms with van der Waals surface area (Å²) in [5.74, 6) is -0.134. The molecule has 0 bridgehead atoms. The maximum Gasteiger partial charge on any atom is 0.281 e. The number of nitrogens with one attached hydrogen (secondary N) is 1. The Bertz CT molecular complexity index is 953. The van der Waals surface area contributed by atoms with E-state index in [2.05, 4.69) is 36.6 Å². The normalized spacial score (nSPS) is 19.1. The first kappa shape index (κ1) is 25.5. The molecule has 2 aromatic carbocycles. The predicted molar refractivity (Wildman–Crippen MR) is 139 cm³/mol. The Balaban J connectivity index is 0.00000149. The SMILES string of the molecule is CC.Cc1ccc(C2CC(C(=O)NN3CCCCCCC3)=NN2c2ccc(Cl)cc2Cl)cc1. The molecule has 0 aliphatic carbocycles. The molecule has 4 rings (SSSR count). The van der Waals surface area contributed by atoms with Crippen molar-refractivity contribution in [3.05, 3.63) is 63.6 Å². The Hall–Kier alpha value is -2.08. The largest absolute Gasteiger partial charge is 0.284 e. The summed E-state index contributed by atoms with van der Waals surface area (Å²) in [4.78, 5) is 13.1. The number of hydrogen-bond donors (Lipinski definition) is 1. The summed E-state index contributed by atoms with van der Waals surface area (Å²) >= 11 is 12.6. The third-order valence-corrected chi connectivity index (χ3v) is 6.44. The average molecular weight is 489 g/mol. The van der Waals surface area contributed by atoms with Gasteiger partial charge in [0.1, 0.15) is 5.71 Å². The number of carbonyl (C=O) groups is 1. The molecule has 1 amide bonds. The van der Waals surface area contributed by atoms with Crippen LogP contribution in [0.5, 0.6) is 0 Å². The fourth-order valence-corrected chi connectivity index (χ4v) is 4.65. The first-order valence-electron chi connectivity index (χ1n) is 12.0. The quantitative estimate of drug-likeness (QED) is 0.507. The number of anilines is 1. The van der Waals surface area contributed by atoms with Crippen molar-refractivity contribution < 1.29 is 4.79 Å². The molecular weight excluding hydrogens is 455 g/mol. The van der Waals surface area contributed by atoms with Gasteiger partial charge in [0.2, 0.25) is 0 Å². The van der Waals surface area contributed by atoms with Crippen molar-refractivity contribution in [2.45, 2.75) is 65.3 Å². The smallest absolute Gasteiger partial charge is 0.281 e. The molecule has 2 aliphatic rings. The molecule has 0 spiro atoms. The summed E-state index contributed by atoms with van der Waals surface area (Å²) < 4.78 is 0. The van der Waals surface area contributed by atoms with Crippen LogP contribution in [0.4, 0.5) is 5.69 Å². The zero-order valence-electron chi connectivity index (χ0n) is 19.8. The predicted octanol–water partition coefficient (Wildman–Crippen LogP) is 6.93. The molecule has 5 nitrogen and oxygen atoms in total. The molecule has 1 atom stereocenters. The molecule has 2 aromatic rings. The van der Waals surface area contributed by atoms with Crippen molar-refractivity contribution in [1.82, 2.24) is 10.4 Å². The number of hydrazine groups is 1. The van der Waals surface area contributed by atoms with E-state index in [1.54, 1.807) is 12.1 Å². The average Bonchev–Trinajstić information content (AvgIpc) is 3.22. The van der Waals surface area contributed by atoms with E-state index in [1.165, 1.54) is 24.8 Å². The number of benzene rings is 2. The van der Waals surface area contributed by atoms with Crippen molar-refractivity contribution >= 4 is 40.5 Å². The summed E-state index contributed by atoms with van der Waals surface area (Å²) in [6.07, 6.45) is 6.43. The molecule has 0 aromatic heterocycles. The molecule has 33 heavy (non-hydrogen) atoms. The van der Waals surface area contributed by atoms with Gasteiger partial charge in [0, 0.05) is 24.5 Å². The number of hydrazone groups is 1. The minimum Gasteiger partial charge on any atom is -0.284 e. The second-order valence-corrected chi connectivity index (χ2v) is 9.16. The van der Waals surface area contributed by atoms with Crippen molar-refractivity contribution in [3.8, 4) is 0 Å². The van der Waals surface area contributed by atoms with Crippen LogP contribution < -0.4 is 10.4 Å². The maximum atomic E-state index is 13.1. The van der Waals surface area contributed by atoms with Crippen LogP contribution in [0, 0.1) is 6.92 Å². The highest BCUT2D eigenvalue weighted by Gasteiger charge is 2.34. The highest BCUT2D eigenvalue weighted by molar-refractivity contribution is 6.40. The second kappa shape index (κ2) is 12.4. The number of amides is 1. The molecule has 0 radical (unpaired) electrons. The van der Waals surface area contributed by atoms with E-state index in [1.807, 2.05) is 29.9 Å². The van der Waals surface area contributed by atoms with Gasteiger partial charge in [-0.2, -0.15) is 5.10 Å². The number of hydrogen-bond acceptors (Lipinski definition) is 4. The lowest BCUT2D eigenvalue weighted by atomic mass is 10.00. The van der Waals surface area contributed by atoms with Crippen molar-refractivity contribution in [2.75, 3.05) is 18.1 Å². The molecule has 1 N–H and O–H groups in total. The second-order valence-electron chi connectivity index (χ2n) is 8.31. The third-order valence-electron chi connectivity index (χ3n) is 5.91. The van der Waals surface area contributed by atoms with Gasteiger partial charge in [-0.1, -0.05) is 86.1 Å². The fraction of sp³-hybridized carbons (Fsp3) is 0.462. The number of nitrogens with zero attached hydrogens (tertiary/aromatic N) is 3. The monoisotopic (exact) mass is 488 g/mol. The molecule has 2 heterocycles.